The highest BCUT2D eigenvalue weighted by atomic mass is 19.1. The minimum absolute atomic E-state index is 0.242. The number of rotatable bonds is 3. The Morgan fingerprint density at radius 3 is 2.41 bits per heavy atom. The van der Waals surface area contributed by atoms with E-state index in [1.165, 1.54) is 22.9 Å². The molecular formula is C27H23FN4. The Morgan fingerprint density at radius 2 is 1.59 bits per heavy atom. The number of pyridine rings is 1. The minimum Gasteiger partial charge on any atom is -0.317 e. The summed E-state index contributed by atoms with van der Waals surface area (Å²) >= 11 is 0. The highest BCUT2D eigenvalue weighted by Crippen LogP contribution is 2.36. The summed E-state index contributed by atoms with van der Waals surface area (Å²) in [5.74, 6) is 0.612. The maximum atomic E-state index is 13.6. The summed E-state index contributed by atoms with van der Waals surface area (Å²) in [4.78, 5) is 9.88. The van der Waals surface area contributed by atoms with Crippen LogP contribution in [-0.2, 0) is 0 Å². The molecule has 6 rings (SSSR count). The van der Waals surface area contributed by atoms with Crippen LogP contribution in [0.1, 0.15) is 18.9 Å². The maximum Gasteiger partial charge on any atom is 0.161 e. The van der Waals surface area contributed by atoms with Crippen molar-refractivity contribution in [2.45, 2.75) is 18.9 Å². The van der Waals surface area contributed by atoms with E-state index in [0.29, 0.717) is 6.04 Å². The molecule has 0 radical (unpaired) electrons. The van der Waals surface area contributed by atoms with Crippen LogP contribution in [0.15, 0.2) is 79.0 Å². The summed E-state index contributed by atoms with van der Waals surface area (Å²) in [7, 11) is 0. The van der Waals surface area contributed by atoms with Crippen LogP contribution in [0.2, 0.25) is 0 Å². The van der Waals surface area contributed by atoms with E-state index in [9.17, 15) is 4.39 Å². The first-order chi connectivity index (χ1) is 15.8. The van der Waals surface area contributed by atoms with Crippen LogP contribution in [0, 0.1) is 5.82 Å². The number of hydrogen-bond acceptors (Lipinski definition) is 3. The molecule has 1 aliphatic heterocycles. The second-order valence-electron chi connectivity index (χ2n) is 8.39. The van der Waals surface area contributed by atoms with Gasteiger partial charge in [0.2, 0.25) is 0 Å². The average Bonchev–Trinajstić information content (AvgIpc) is 3.24. The predicted octanol–water partition coefficient (Wildman–Crippen LogP) is 5.98. The van der Waals surface area contributed by atoms with Gasteiger partial charge in [0.1, 0.15) is 17.2 Å². The van der Waals surface area contributed by atoms with Crippen LogP contribution in [0.4, 0.5) is 4.39 Å². The third-order valence-corrected chi connectivity index (χ3v) is 6.42. The number of benzene rings is 3. The molecule has 3 heterocycles. The van der Waals surface area contributed by atoms with E-state index >= 15 is 0 Å². The molecule has 0 bridgehead atoms. The fraction of sp³-hybridized carbons (Fsp3) is 0.185. The van der Waals surface area contributed by atoms with E-state index in [-0.39, 0.29) is 5.82 Å². The van der Waals surface area contributed by atoms with Crippen LogP contribution >= 0.6 is 0 Å². The van der Waals surface area contributed by atoms with Gasteiger partial charge in [0.15, 0.2) is 5.65 Å². The van der Waals surface area contributed by atoms with Crippen molar-refractivity contribution in [3.05, 3.63) is 84.8 Å². The summed E-state index contributed by atoms with van der Waals surface area (Å²) in [6, 6.07) is 23.9. The molecule has 0 amide bonds. The lowest BCUT2D eigenvalue weighted by Crippen LogP contribution is -2.29. The minimum atomic E-state index is -0.242. The van der Waals surface area contributed by atoms with Gasteiger partial charge in [0.25, 0.3) is 0 Å². The topological polar surface area (TPSA) is 42.7 Å². The van der Waals surface area contributed by atoms with E-state index in [0.717, 1.165) is 59.6 Å². The van der Waals surface area contributed by atoms with E-state index in [2.05, 4.69) is 52.3 Å². The van der Waals surface area contributed by atoms with Crippen molar-refractivity contribution in [1.82, 2.24) is 19.9 Å². The number of nitrogens with zero attached hydrogens (tertiary/aromatic N) is 3. The predicted molar refractivity (Wildman–Crippen MR) is 127 cm³/mol. The maximum absolute atomic E-state index is 13.6. The zero-order valence-electron chi connectivity index (χ0n) is 17.6. The Bertz CT molecular complexity index is 1420. The first kappa shape index (κ1) is 19.1. The van der Waals surface area contributed by atoms with Gasteiger partial charge >= 0.3 is 0 Å². The first-order valence-electron chi connectivity index (χ1n) is 11.1. The Morgan fingerprint density at radius 1 is 0.844 bits per heavy atom. The zero-order chi connectivity index (χ0) is 21.5. The molecule has 1 saturated heterocycles. The summed E-state index contributed by atoms with van der Waals surface area (Å²) in [6.07, 6.45) is 3.91. The van der Waals surface area contributed by atoms with Crippen molar-refractivity contribution in [2.75, 3.05) is 13.1 Å². The number of nitrogens with one attached hydrogen (secondary N) is 1. The van der Waals surface area contributed by atoms with Gasteiger partial charge in [-0.05, 0) is 78.7 Å². The van der Waals surface area contributed by atoms with Crippen LogP contribution < -0.4 is 5.32 Å². The van der Waals surface area contributed by atoms with E-state index in [1.807, 2.05) is 24.4 Å². The fourth-order valence-corrected chi connectivity index (χ4v) is 4.79. The largest absolute Gasteiger partial charge is 0.317 e. The molecule has 4 nitrogen and oxygen atoms in total. The van der Waals surface area contributed by atoms with Crippen molar-refractivity contribution < 1.29 is 4.39 Å². The smallest absolute Gasteiger partial charge is 0.161 e. The highest BCUT2D eigenvalue weighted by Gasteiger charge is 2.24. The van der Waals surface area contributed by atoms with Gasteiger partial charge in [-0.1, -0.05) is 36.4 Å². The number of fused-ring (bicyclic) bond motifs is 2. The Balaban J connectivity index is 1.59. The van der Waals surface area contributed by atoms with Gasteiger partial charge in [0, 0.05) is 23.4 Å². The lowest BCUT2D eigenvalue weighted by atomic mass is 10.0. The summed E-state index contributed by atoms with van der Waals surface area (Å²) in [5.41, 5.74) is 4.88. The van der Waals surface area contributed by atoms with Crippen LogP contribution in [0.5, 0.6) is 0 Å². The SMILES string of the molecule is Fc1ccc(-c2nc3c(-c4ccc5ccccc5c4)ccnc3n2C2CCNCC2)cc1. The number of halogens is 1. The second-order valence-corrected chi connectivity index (χ2v) is 8.39. The molecule has 158 valence electrons. The number of imidazole rings is 1. The molecular weight excluding hydrogens is 399 g/mol. The lowest BCUT2D eigenvalue weighted by molar-refractivity contribution is 0.376. The molecule has 1 aliphatic rings. The van der Waals surface area contributed by atoms with E-state index in [1.54, 1.807) is 0 Å². The van der Waals surface area contributed by atoms with Crippen molar-refractivity contribution in [1.29, 1.82) is 0 Å². The molecule has 32 heavy (non-hydrogen) atoms. The molecule has 0 spiro atoms. The molecule has 0 saturated carbocycles. The van der Waals surface area contributed by atoms with Gasteiger partial charge in [-0.3, -0.25) is 0 Å². The van der Waals surface area contributed by atoms with Gasteiger partial charge in [-0.25, -0.2) is 14.4 Å². The Hall–Kier alpha value is -3.57. The molecule has 0 aliphatic carbocycles. The molecule has 5 aromatic rings. The quantitative estimate of drug-likeness (QED) is 0.389. The molecule has 2 aromatic heterocycles. The number of hydrogen-bond donors (Lipinski definition) is 1. The standard InChI is InChI=1S/C27H23FN4/c28-22-9-7-19(8-10-22)26-31-25-24(21-6-5-18-3-1-2-4-20(18)17-21)13-16-30-27(25)32(26)23-11-14-29-15-12-23/h1-10,13,16-17,23,29H,11-12,14-15H2. The average molecular weight is 423 g/mol. The summed E-state index contributed by atoms with van der Waals surface area (Å²) < 4.78 is 15.9. The Labute approximate surface area is 185 Å². The summed E-state index contributed by atoms with van der Waals surface area (Å²) in [5, 5.41) is 5.86. The molecule has 1 N–H and O–H groups in total. The van der Waals surface area contributed by atoms with Crippen LogP contribution in [0.3, 0.4) is 0 Å². The summed E-state index contributed by atoms with van der Waals surface area (Å²) in [6.45, 7) is 1.94. The second kappa shape index (κ2) is 7.84. The van der Waals surface area contributed by atoms with Crippen LogP contribution in [0.25, 0.3) is 44.5 Å². The zero-order valence-corrected chi connectivity index (χ0v) is 17.6. The Kier molecular flexibility index (Phi) is 4.69. The van der Waals surface area contributed by atoms with Gasteiger partial charge in [-0.15, -0.1) is 0 Å². The van der Waals surface area contributed by atoms with E-state index in [4.69, 9.17) is 9.97 Å². The molecule has 0 unspecified atom stereocenters. The normalized spacial score (nSPS) is 14.9. The molecule has 0 atom stereocenters. The van der Waals surface area contributed by atoms with Crippen molar-refractivity contribution in [3.8, 4) is 22.5 Å². The van der Waals surface area contributed by atoms with Gasteiger partial charge in [-0.2, -0.15) is 0 Å². The highest BCUT2D eigenvalue weighted by molar-refractivity contribution is 5.95. The first-order valence-corrected chi connectivity index (χ1v) is 11.1. The molecule has 5 heteroatoms. The number of aromatic nitrogens is 3. The van der Waals surface area contributed by atoms with E-state index < -0.39 is 0 Å². The lowest BCUT2D eigenvalue weighted by Gasteiger charge is -2.26. The number of piperidine rings is 1. The fourth-order valence-electron chi connectivity index (χ4n) is 4.79. The van der Waals surface area contributed by atoms with Crippen molar-refractivity contribution in [3.63, 3.8) is 0 Å². The third kappa shape index (κ3) is 3.26. The van der Waals surface area contributed by atoms with Crippen LogP contribution in [-0.4, -0.2) is 27.6 Å². The van der Waals surface area contributed by atoms with Gasteiger partial charge in [0.05, 0.1) is 0 Å². The monoisotopic (exact) mass is 422 g/mol. The third-order valence-electron chi connectivity index (χ3n) is 6.42. The van der Waals surface area contributed by atoms with Gasteiger partial charge < -0.3 is 9.88 Å². The van der Waals surface area contributed by atoms with Crippen molar-refractivity contribution in [2.24, 2.45) is 0 Å². The van der Waals surface area contributed by atoms with Crippen molar-refractivity contribution >= 4 is 21.9 Å². The molecule has 3 aromatic carbocycles. The molecule has 1 fully saturated rings.